The number of fused-ring (bicyclic) bond motifs is 1. The van der Waals surface area contributed by atoms with Crippen molar-refractivity contribution in [2.75, 3.05) is 44.3 Å². The number of hydrogen-bond donors (Lipinski definition) is 3. The molecule has 0 bridgehead atoms. The lowest BCUT2D eigenvalue weighted by Crippen LogP contribution is -2.55. The zero-order chi connectivity index (χ0) is 22.1. The summed E-state index contributed by atoms with van der Waals surface area (Å²) in [4.78, 5) is 23.1. The van der Waals surface area contributed by atoms with Gasteiger partial charge in [-0.05, 0) is 35.9 Å². The van der Waals surface area contributed by atoms with Gasteiger partial charge in [-0.1, -0.05) is 6.07 Å². The highest BCUT2D eigenvalue weighted by Crippen LogP contribution is 2.32. The Balaban J connectivity index is 1.51. The summed E-state index contributed by atoms with van der Waals surface area (Å²) in [6.07, 6.45) is 0.301. The second kappa shape index (κ2) is 8.78. The number of benzene rings is 2. The fourth-order valence-electron chi connectivity index (χ4n) is 4.25. The molecule has 2 atom stereocenters. The van der Waals surface area contributed by atoms with Crippen molar-refractivity contribution in [3.05, 3.63) is 54.1 Å². The van der Waals surface area contributed by atoms with Gasteiger partial charge >= 0.3 is 0 Å². The van der Waals surface area contributed by atoms with Gasteiger partial charge in [0.25, 0.3) is 0 Å². The summed E-state index contributed by atoms with van der Waals surface area (Å²) in [5.41, 5.74) is 2.87. The van der Waals surface area contributed by atoms with E-state index in [1.165, 1.54) is 18.5 Å². The summed E-state index contributed by atoms with van der Waals surface area (Å²) in [5.74, 6) is -0.739. The fourth-order valence-corrected chi connectivity index (χ4v) is 4.25. The first-order valence-electron chi connectivity index (χ1n) is 10.7. The number of carbonyl (C=O) groups is 1. The van der Waals surface area contributed by atoms with Gasteiger partial charge < -0.3 is 25.4 Å². The molecule has 2 aromatic carbocycles. The van der Waals surface area contributed by atoms with Gasteiger partial charge in [0.1, 0.15) is 24.3 Å². The molecule has 0 radical (unpaired) electrons. The summed E-state index contributed by atoms with van der Waals surface area (Å²) in [5, 5.41) is 17.2. The Bertz CT molecular complexity index is 1150. The summed E-state index contributed by atoms with van der Waals surface area (Å²) >= 11 is 0. The maximum atomic E-state index is 14.9. The molecule has 166 valence electrons. The van der Waals surface area contributed by atoms with Gasteiger partial charge in [-0.15, -0.1) is 0 Å². The Hall–Kier alpha value is -3.14. The molecule has 3 heterocycles. The number of nitrogens with zero attached hydrogens (tertiary/aromatic N) is 3. The van der Waals surface area contributed by atoms with Crippen LogP contribution in [0.15, 0.2) is 42.7 Å². The molecule has 9 heteroatoms. The topological polar surface area (TPSA) is 99.6 Å². The second-order valence-corrected chi connectivity index (χ2v) is 7.93. The van der Waals surface area contributed by atoms with Gasteiger partial charge in [0, 0.05) is 42.8 Å². The molecule has 3 N–H and O–H groups in total. The number of nitrogens with one attached hydrogen (secondary N) is 2. The van der Waals surface area contributed by atoms with Crippen LogP contribution in [0.2, 0.25) is 0 Å². The van der Waals surface area contributed by atoms with Crippen LogP contribution < -0.4 is 15.5 Å². The number of rotatable bonds is 4. The van der Waals surface area contributed by atoms with Crippen molar-refractivity contribution in [2.45, 2.75) is 12.1 Å². The predicted octanol–water partition coefficient (Wildman–Crippen LogP) is 1.39. The zero-order valence-corrected chi connectivity index (χ0v) is 17.4. The zero-order valence-electron chi connectivity index (χ0n) is 17.4. The molecule has 2 fully saturated rings. The summed E-state index contributed by atoms with van der Waals surface area (Å²) in [7, 11) is 0. The van der Waals surface area contributed by atoms with Gasteiger partial charge in [-0.25, -0.2) is 14.4 Å². The molecule has 2 unspecified atom stereocenters. The highest BCUT2D eigenvalue weighted by molar-refractivity contribution is 5.94. The molecule has 3 aromatic rings. The predicted molar refractivity (Wildman–Crippen MR) is 118 cm³/mol. The van der Waals surface area contributed by atoms with Gasteiger partial charge in [0.2, 0.25) is 5.91 Å². The lowest BCUT2D eigenvalue weighted by atomic mass is 9.96. The molecule has 1 aromatic heterocycles. The van der Waals surface area contributed by atoms with Crippen LogP contribution >= 0.6 is 0 Å². The summed E-state index contributed by atoms with van der Waals surface area (Å²) < 4.78 is 20.3. The van der Waals surface area contributed by atoms with Crippen molar-refractivity contribution in [1.82, 2.24) is 20.6 Å². The molecular formula is C23H24FN5O3. The van der Waals surface area contributed by atoms with E-state index in [-0.39, 0.29) is 11.5 Å². The number of morpholine rings is 1. The van der Waals surface area contributed by atoms with Crippen molar-refractivity contribution in [2.24, 2.45) is 0 Å². The number of aromatic nitrogens is 2. The molecule has 5 rings (SSSR count). The average Bonchev–Trinajstić information content (AvgIpc) is 2.84. The molecular weight excluding hydrogens is 413 g/mol. The molecule has 0 spiro atoms. The van der Waals surface area contributed by atoms with E-state index < -0.39 is 18.0 Å². The molecule has 2 saturated heterocycles. The van der Waals surface area contributed by atoms with E-state index in [1.807, 2.05) is 18.2 Å². The third-order valence-electron chi connectivity index (χ3n) is 5.97. The average molecular weight is 437 g/mol. The van der Waals surface area contributed by atoms with Crippen molar-refractivity contribution < 1.29 is 19.0 Å². The Morgan fingerprint density at radius 3 is 2.78 bits per heavy atom. The van der Waals surface area contributed by atoms with Crippen LogP contribution in [0.4, 0.5) is 10.1 Å². The number of hydrogen-bond acceptors (Lipinski definition) is 7. The number of carbonyl (C=O) groups excluding carboxylic acids is 1. The van der Waals surface area contributed by atoms with Gasteiger partial charge in [-0.3, -0.25) is 4.79 Å². The molecule has 1 amide bonds. The largest absolute Gasteiger partial charge is 0.386 e. The highest BCUT2D eigenvalue weighted by atomic mass is 19.1. The van der Waals surface area contributed by atoms with Crippen molar-refractivity contribution >= 4 is 22.5 Å². The summed E-state index contributed by atoms with van der Waals surface area (Å²) in [6, 6.07) is 9.40. The smallest absolute Gasteiger partial charge is 0.240 e. The normalized spacial score (nSPS) is 20.2. The number of amides is 1. The summed E-state index contributed by atoms with van der Waals surface area (Å²) in [6.45, 7) is 4.05. The molecule has 0 saturated carbocycles. The van der Waals surface area contributed by atoms with E-state index >= 15 is 0 Å². The van der Waals surface area contributed by atoms with Crippen molar-refractivity contribution in [1.29, 1.82) is 0 Å². The number of anilines is 1. The van der Waals surface area contributed by atoms with Crippen molar-refractivity contribution in [3.63, 3.8) is 0 Å². The minimum atomic E-state index is -1.12. The Labute approximate surface area is 184 Å². The number of ether oxygens (including phenoxy) is 1. The van der Waals surface area contributed by atoms with Crippen LogP contribution in [-0.2, 0) is 9.53 Å². The monoisotopic (exact) mass is 437 g/mol. The second-order valence-electron chi connectivity index (χ2n) is 7.93. The standard InChI is InChI=1S/C23H24FN5O3/c24-18-4-1-14(22(30)21-23(31)26-6-5-25-21)11-17(18)20-16-3-2-15(12-19(16)27-13-28-20)29-7-9-32-10-8-29/h1-4,11-13,21-22,25,30H,5-10H2,(H,26,31). The van der Waals surface area contributed by atoms with E-state index in [0.717, 1.165) is 18.8 Å². The highest BCUT2D eigenvalue weighted by Gasteiger charge is 2.30. The van der Waals surface area contributed by atoms with Crippen LogP contribution in [0.3, 0.4) is 0 Å². The van der Waals surface area contributed by atoms with Gasteiger partial charge in [0.05, 0.1) is 24.4 Å². The van der Waals surface area contributed by atoms with E-state index in [0.29, 0.717) is 48.5 Å². The molecule has 32 heavy (non-hydrogen) atoms. The van der Waals surface area contributed by atoms with Crippen molar-refractivity contribution in [3.8, 4) is 11.3 Å². The molecule has 0 aliphatic carbocycles. The minimum absolute atomic E-state index is 0.254. The van der Waals surface area contributed by atoms with Crippen LogP contribution in [-0.4, -0.2) is 66.4 Å². The number of aliphatic hydroxyl groups is 1. The first-order valence-corrected chi connectivity index (χ1v) is 10.7. The maximum Gasteiger partial charge on any atom is 0.240 e. The van der Waals surface area contributed by atoms with E-state index in [9.17, 15) is 14.3 Å². The van der Waals surface area contributed by atoms with Crippen LogP contribution in [0.5, 0.6) is 0 Å². The first kappa shape index (κ1) is 20.7. The lowest BCUT2D eigenvalue weighted by Gasteiger charge is -2.29. The number of aliphatic hydroxyl groups excluding tert-OH is 1. The fraction of sp³-hybridized carbons (Fsp3) is 0.348. The SMILES string of the molecule is O=C1NCCNC1C(O)c1ccc(F)c(-c2ncnc3cc(N4CCOCC4)ccc23)c1. The minimum Gasteiger partial charge on any atom is -0.386 e. The van der Waals surface area contributed by atoms with E-state index in [4.69, 9.17) is 4.74 Å². The molecule has 2 aliphatic rings. The quantitative estimate of drug-likeness (QED) is 0.567. The van der Waals surface area contributed by atoms with Gasteiger partial charge in [-0.2, -0.15) is 0 Å². The van der Waals surface area contributed by atoms with Crippen LogP contribution in [0.1, 0.15) is 11.7 Å². The molecule has 2 aliphatic heterocycles. The lowest BCUT2D eigenvalue weighted by molar-refractivity contribution is -0.127. The van der Waals surface area contributed by atoms with E-state index in [2.05, 4.69) is 25.5 Å². The maximum absolute atomic E-state index is 14.9. The third-order valence-corrected chi connectivity index (χ3v) is 5.97. The van der Waals surface area contributed by atoms with Crippen LogP contribution in [0, 0.1) is 5.82 Å². The van der Waals surface area contributed by atoms with E-state index in [1.54, 1.807) is 6.07 Å². The Morgan fingerprint density at radius 1 is 1.12 bits per heavy atom. The first-order chi connectivity index (χ1) is 15.6. The van der Waals surface area contributed by atoms with Gasteiger partial charge in [0.15, 0.2) is 0 Å². The Kier molecular flexibility index (Phi) is 5.69. The Morgan fingerprint density at radius 2 is 1.97 bits per heavy atom. The third kappa shape index (κ3) is 3.90. The molecule has 8 nitrogen and oxygen atoms in total. The number of halogens is 1. The number of piperazine rings is 1. The van der Waals surface area contributed by atoms with Crippen LogP contribution in [0.25, 0.3) is 22.2 Å².